The van der Waals surface area contributed by atoms with E-state index in [0.717, 1.165) is 23.7 Å². The summed E-state index contributed by atoms with van der Waals surface area (Å²) in [4.78, 5) is 12.0. The van der Waals surface area contributed by atoms with Crippen LogP contribution in [0.4, 0.5) is 11.4 Å². The first-order valence-corrected chi connectivity index (χ1v) is 6.74. The van der Waals surface area contributed by atoms with Crippen LogP contribution in [-0.4, -0.2) is 18.6 Å². The molecule has 3 N–H and O–H groups in total. The molecule has 0 saturated heterocycles. The van der Waals surface area contributed by atoms with Crippen LogP contribution in [0.25, 0.3) is 0 Å². The zero-order chi connectivity index (χ0) is 13.2. The van der Waals surface area contributed by atoms with E-state index in [9.17, 15) is 4.79 Å². The summed E-state index contributed by atoms with van der Waals surface area (Å²) >= 11 is 3.39. The minimum atomic E-state index is -0.253. The van der Waals surface area contributed by atoms with Crippen molar-refractivity contribution in [1.29, 1.82) is 0 Å². The number of hydrogen-bond donors (Lipinski definition) is 2. The minimum absolute atomic E-state index is 0.0390. The Labute approximate surface area is 115 Å². The molecule has 0 aromatic heterocycles. The lowest BCUT2D eigenvalue weighted by atomic mass is 9.77. The van der Waals surface area contributed by atoms with Gasteiger partial charge in [-0.25, -0.2) is 0 Å². The van der Waals surface area contributed by atoms with E-state index in [-0.39, 0.29) is 11.5 Å². The molecule has 98 valence electrons. The number of halogens is 1. The summed E-state index contributed by atoms with van der Waals surface area (Å²) < 4.78 is 6.26. The highest BCUT2D eigenvalue weighted by molar-refractivity contribution is 9.10. The van der Waals surface area contributed by atoms with E-state index in [4.69, 9.17) is 10.5 Å². The molecule has 0 unspecified atom stereocenters. The number of rotatable bonds is 4. The maximum absolute atomic E-state index is 12.0. The quantitative estimate of drug-likeness (QED) is 0.840. The normalized spacial score (nSPS) is 17.0. The third kappa shape index (κ3) is 2.84. The molecule has 0 radical (unpaired) electrons. The van der Waals surface area contributed by atoms with Crippen LogP contribution in [0.5, 0.6) is 0 Å². The minimum Gasteiger partial charge on any atom is -0.399 e. The Morgan fingerprint density at radius 2 is 2.28 bits per heavy atom. The molecule has 0 bridgehead atoms. The SMILES string of the molecule is COC1(CC(=O)Nc2cc(N)ccc2Br)CCC1. The third-order valence-electron chi connectivity index (χ3n) is 3.45. The van der Waals surface area contributed by atoms with Crippen molar-refractivity contribution >= 4 is 33.2 Å². The van der Waals surface area contributed by atoms with Gasteiger partial charge in [0.05, 0.1) is 17.7 Å². The van der Waals surface area contributed by atoms with Crippen molar-refractivity contribution in [3.05, 3.63) is 22.7 Å². The van der Waals surface area contributed by atoms with Crippen LogP contribution in [0.15, 0.2) is 22.7 Å². The summed E-state index contributed by atoms with van der Waals surface area (Å²) in [5, 5.41) is 2.86. The number of benzene rings is 1. The van der Waals surface area contributed by atoms with Gasteiger partial charge in [-0.2, -0.15) is 0 Å². The maximum Gasteiger partial charge on any atom is 0.227 e. The van der Waals surface area contributed by atoms with Gasteiger partial charge < -0.3 is 15.8 Å². The Bertz CT molecular complexity index is 453. The van der Waals surface area contributed by atoms with Crippen LogP contribution < -0.4 is 11.1 Å². The van der Waals surface area contributed by atoms with Gasteiger partial charge in [-0.1, -0.05) is 0 Å². The summed E-state index contributed by atoms with van der Waals surface area (Å²) in [6.07, 6.45) is 3.43. The summed E-state index contributed by atoms with van der Waals surface area (Å²) in [6, 6.07) is 5.34. The lowest BCUT2D eigenvalue weighted by molar-refractivity contribution is -0.129. The van der Waals surface area contributed by atoms with Gasteiger partial charge in [0.2, 0.25) is 5.91 Å². The Morgan fingerprint density at radius 1 is 1.56 bits per heavy atom. The maximum atomic E-state index is 12.0. The van der Waals surface area contributed by atoms with E-state index in [1.807, 2.05) is 6.07 Å². The molecule has 1 amide bonds. The number of carbonyl (C=O) groups is 1. The lowest BCUT2D eigenvalue weighted by Gasteiger charge is -2.39. The van der Waals surface area contributed by atoms with Gasteiger partial charge in [-0.15, -0.1) is 0 Å². The van der Waals surface area contributed by atoms with Crippen molar-refractivity contribution in [1.82, 2.24) is 0 Å². The van der Waals surface area contributed by atoms with Crippen molar-refractivity contribution in [3.63, 3.8) is 0 Å². The van der Waals surface area contributed by atoms with Gasteiger partial charge in [0, 0.05) is 17.3 Å². The van der Waals surface area contributed by atoms with Crippen LogP contribution in [0, 0.1) is 0 Å². The Morgan fingerprint density at radius 3 is 2.83 bits per heavy atom. The number of hydrogen-bond acceptors (Lipinski definition) is 3. The molecule has 1 aliphatic rings. The van der Waals surface area contributed by atoms with Crippen molar-refractivity contribution in [2.75, 3.05) is 18.2 Å². The molecule has 1 aromatic carbocycles. The standard InChI is InChI=1S/C13H17BrN2O2/c1-18-13(5-2-6-13)8-12(17)16-11-7-9(15)3-4-10(11)14/h3-4,7H,2,5-6,8,15H2,1H3,(H,16,17). The second-order valence-corrected chi connectivity index (χ2v) is 5.56. The van der Waals surface area contributed by atoms with Crippen LogP contribution in [0.1, 0.15) is 25.7 Å². The van der Waals surface area contributed by atoms with E-state index in [0.29, 0.717) is 17.8 Å². The lowest BCUT2D eigenvalue weighted by Crippen LogP contribution is -2.42. The summed E-state index contributed by atoms with van der Waals surface area (Å²) in [5.41, 5.74) is 6.77. The Hall–Kier alpha value is -1.07. The second-order valence-electron chi connectivity index (χ2n) is 4.70. The fraction of sp³-hybridized carbons (Fsp3) is 0.462. The van der Waals surface area contributed by atoms with E-state index in [1.165, 1.54) is 0 Å². The largest absolute Gasteiger partial charge is 0.399 e. The van der Waals surface area contributed by atoms with E-state index in [2.05, 4.69) is 21.2 Å². The van der Waals surface area contributed by atoms with E-state index < -0.39 is 0 Å². The van der Waals surface area contributed by atoms with Gasteiger partial charge in [0.1, 0.15) is 0 Å². The van der Waals surface area contributed by atoms with Gasteiger partial charge >= 0.3 is 0 Å². The number of anilines is 2. The van der Waals surface area contributed by atoms with Crippen molar-refractivity contribution in [2.45, 2.75) is 31.3 Å². The van der Waals surface area contributed by atoms with Crippen LogP contribution in [0.3, 0.4) is 0 Å². The summed E-state index contributed by atoms with van der Waals surface area (Å²) in [7, 11) is 1.67. The summed E-state index contributed by atoms with van der Waals surface area (Å²) in [6.45, 7) is 0. The first-order chi connectivity index (χ1) is 8.54. The molecule has 0 heterocycles. The van der Waals surface area contributed by atoms with Gasteiger partial charge in [-0.3, -0.25) is 4.79 Å². The highest BCUT2D eigenvalue weighted by Gasteiger charge is 2.39. The Balaban J connectivity index is 2.00. The fourth-order valence-corrected chi connectivity index (χ4v) is 2.50. The number of nitrogen functional groups attached to an aromatic ring is 1. The molecule has 4 nitrogen and oxygen atoms in total. The third-order valence-corrected chi connectivity index (χ3v) is 4.14. The molecule has 18 heavy (non-hydrogen) atoms. The molecule has 1 aromatic rings. The van der Waals surface area contributed by atoms with Crippen LogP contribution in [-0.2, 0) is 9.53 Å². The molecule has 0 spiro atoms. The van der Waals surface area contributed by atoms with Crippen molar-refractivity contribution < 1.29 is 9.53 Å². The molecular formula is C13H17BrN2O2. The number of methoxy groups -OCH3 is 1. The predicted molar refractivity (Wildman–Crippen MR) is 75.4 cm³/mol. The molecule has 1 saturated carbocycles. The second kappa shape index (κ2) is 5.28. The summed E-state index contributed by atoms with van der Waals surface area (Å²) in [5.74, 6) is -0.0390. The number of amides is 1. The molecular weight excluding hydrogens is 296 g/mol. The first-order valence-electron chi connectivity index (χ1n) is 5.95. The molecule has 0 aliphatic heterocycles. The van der Waals surface area contributed by atoms with Crippen molar-refractivity contribution in [3.8, 4) is 0 Å². The number of ether oxygens (including phenoxy) is 1. The predicted octanol–water partition coefficient (Wildman–Crippen LogP) is 2.93. The average molecular weight is 313 g/mol. The highest BCUT2D eigenvalue weighted by atomic mass is 79.9. The molecule has 2 rings (SSSR count). The van der Waals surface area contributed by atoms with E-state index >= 15 is 0 Å². The molecule has 1 aliphatic carbocycles. The van der Waals surface area contributed by atoms with Gasteiger partial charge in [0.15, 0.2) is 0 Å². The van der Waals surface area contributed by atoms with Gasteiger partial charge in [0.25, 0.3) is 0 Å². The highest BCUT2D eigenvalue weighted by Crippen LogP contribution is 2.38. The van der Waals surface area contributed by atoms with E-state index in [1.54, 1.807) is 19.2 Å². The molecule has 1 fully saturated rings. The van der Waals surface area contributed by atoms with Gasteiger partial charge in [-0.05, 0) is 53.4 Å². The van der Waals surface area contributed by atoms with Crippen LogP contribution >= 0.6 is 15.9 Å². The zero-order valence-electron chi connectivity index (χ0n) is 10.3. The molecule has 0 atom stereocenters. The number of nitrogens with two attached hydrogens (primary N) is 1. The topological polar surface area (TPSA) is 64.3 Å². The Kier molecular flexibility index (Phi) is 3.92. The number of nitrogens with one attached hydrogen (secondary N) is 1. The monoisotopic (exact) mass is 312 g/mol. The van der Waals surface area contributed by atoms with Crippen LogP contribution in [0.2, 0.25) is 0 Å². The van der Waals surface area contributed by atoms with Crippen molar-refractivity contribution in [2.24, 2.45) is 0 Å². The zero-order valence-corrected chi connectivity index (χ0v) is 11.9. The smallest absolute Gasteiger partial charge is 0.227 e. The molecule has 5 heteroatoms. The number of carbonyl (C=O) groups excluding carboxylic acids is 1. The average Bonchev–Trinajstić information content (AvgIpc) is 2.28. The first kappa shape index (κ1) is 13.4. The fourth-order valence-electron chi connectivity index (χ4n) is 2.15.